The molecule has 0 unspecified atom stereocenters. The number of hydrogen-bond acceptors (Lipinski definition) is 7. The minimum absolute atomic E-state index is 0.0761. The first-order valence-electron chi connectivity index (χ1n) is 10.4. The molecule has 0 saturated carbocycles. The third kappa shape index (κ3) is 4.22. The van der Waals surface area contributed by atoms with Crippen molar-refractivity contribution in [3.8, 4) is 10.6 Å². The zero-order valence-corrected chi connectivity index (χ0v) is 19.7. The van der Waals surface area contributed by atoms with Gasteiger partial charge in [-0.15, -0.1) is 22.7 Å². The topological polar surface area (TPSA) is 57.0 Å². The van der Waals surface area contributed by atoms with E-state index in [0.29, 0.717) is 18.9 Å². The zero-order chi connectivity index (χ0) is 21.2. The Morgan fingerprint density at radius 3 is 2.84 bits per heavy atom. The second-order valence-electron chi connectivity index (χ2n) is 7.53. The van der Waals surface area contributed by atoms with Crippen LogP contribution in [-0.4, -0.2) is 28.3 Å². The zero-order valence-electron chi connectivity index (χ0n) is 17.3. The van der Waals surface area contributed by atoms with Gasteiger partial charge in [-0.25, -0.2) is 9.97 Å². The predicted molar refractivity (Wildman–Crippen MR) is 130 cm³/mol. The largest absolute Gasteiger partial charge is 0.383 e. The van der Waals surface area contributed by atoms with Crippen molar-refractivity contribution in [2.24, 2.45) is 0 Å². The van der Waals surface area contributed by atoms with Crippen LogP contribution >= 0.6 is 34.4 Å². The smallest absolute Gasteiger partial charge is 0.263 e. The fourth-order valence-electron chi connectivity index (χ4n) is 3.93. The molecular weight excluding hydrogens is 446 g/mol. The maximum absolute atomic E-state index is 13.4. The summed E-state index contributed by atoms with van der Waals surface area (Å²) in [6.07, 6.45) is 4.41. The molecule has 0 saturated heterocycles. The van der Waals surface area contributed by atoms with Crippen molar-refractivity contribution in [1.82, 2.24) is 14.5 Å². The molecule has 0 N–H and O–H groups in total. The van der Waals surface area contributed by atoms with Gasteiger partial charge in [0.1, 0.15) is 9.84 Å². The molecule has 1 aliphatic carbocycles. The molecule has 4 aromatic rings. The molecule has 0 radical (unpaired) electrons. The van der Waals surface area contributed by atoms with E-state index in [1.54, 1.807) is 46.1 Å². The number of fused-ring (bicyclic) bond motifs is 3. The molecule has 3 aromatic heterocycles. The highest BCUT2D eigenvalue weighted by atomic mass is 32.2. The van der Waals surface area contributed by atoms with E-state index >= 15 is 0 Å². The van der Waals surface area contributed by atoms with Crippen LogP contribution in [0.25, 0.3) is 20.8 Å². The number of nitrogens with zero attached hydrogens (tertiary/aromatic N) is 3. The summed E-state index contributed by atoms with van der Waals surface area (Å²) in [7, 11) is 1.66. The van der Waals surface area contributed by atoms with Gasteiger partial charge in [0.15, 0.2) is 5.16 Å². The maximum Gasteiger partial charge on any atom is 0.263 e. The molecule has 3 heterocycles. The summed E-state index contributed by atoms with van der Waals surface area (Å²) < 4.78 is 7.07. The quantitative estimate of drug-likeness (QED) is 0.268. The highest BCUT2D eigenvalue weighted by Gasteiger charge is 2.22. The highest BCUT2D eigenvalue weighted by Crippen LogP contribution is 2.35. The molecule has 0 spiro atoms. The Labute approximate surface area is 193 Å². The number of rotatable bonds is 7. The van der Waals surface area contributed by atoms with Gasteiger partial charge in [-0.2, -0.15) is 0 Å². The van der Waals surface area contributed by atoms with Gasteiger partial charge in [0.2, 0.25) is 0 Å². The molecule has 1 aromatic carbocycles. The molecule has 1 aliphatic rings. The average Bonchev–Trinajstić information content (AvgIpc) is 3.42. The second kappa shape index (κ2) is 9.24. The van der Waals surface area contributed by atoms with Gasteiger partial charge in [0.05, 0.1) is 24.2 Å². The van der Waals surface area contributed by atoms with E-state index in [0.717, 1.165) is 50.9 Å². The van der Waals surface area contributed by atoms with Crippen LogP contribution < -0.4 is 5.56 Å². The minimum Gasteiger partial charge on any atom is -0.383 e. The molecule has 160 valence electrons. The van der Waals surface area contributed by atoms with Crippen molar-refractivity contribution in [3.05, 3.63) is 62.2 Å². The van der Waals surface area contributed by atoms with Crippen LogP contribution in [0, 0.1) is 0 Å². The molecule has 5 rings (SSSR count). The third-order valence-corrected chi connectivity index (χ3v) is 8.62. The first-order valence-corrected chi connectivity index (χ1v) is 13.1. The van der Waals surface area contributed by atoms with E-state index in [1.807, 2.05) is 18.2 Å². The molecule has 0 fully saturated rings. The monoisotopic (exact) mass is 469 g/mol. The minimum atomic E-state index is 0.0761. The van der Waals surface area contributed by atoms with Gasteiger partial charge in [0, 0.05) is 28.7 Å². The highest BCUT2D eigenvalue weighted by molar-refractivity contribution is 7.98. The number of methoxy groups -OCH3 is 1. The first kappa shape index (κ1) is 20.9. The number of aromatic nitrogens is 3. The van der Waals surface area contributed by atoms with Gasteiger partial charge in [0.25, 0.3) is 5.56 Å². The van der Waals surface area contributed by atoms with Crippen LogP contribution in [0.5, 0.6) is 0 Å². The number of ether oxygens (including phenoxy) is 1. The van der Waals surface area contributed by atoms with Crippen molar-refractivity contribution < 1.29 is 4.74 Å². The Morgan fingerprint density at radius 2 is 2.00 bits per heavy atom. The Balaban J connectivity index is 1.46. The summed E-state index contributed by atoms with van der Waals surface area (Å²) in [4.78, 5) is 25.4. The Bertz CT molecular complexity index is 1260. The molecule has 0 aliphatic heterocycles. The van der Waals surface area contributed by atoms with Crippen molar-refractivity contribution in [2.75, 3.05) is 13.7 Å². The predicted octanol–water partition coefficient (Wildman–Crippen LogP) is 5.40. The molecule has 5 nitrogen and oxygen atoms in total. The van der Waals surface area contributed by atoms with E-state index in [2.05, 4.69) is 17.5 Å². The number of thiophene rings is 1. The fraction of sp³-hybridized carbons (Fsp3) is 0.348. The second-order valence-corrected chi connectivity index (χ2v) is 10.4. The summed E-state index contributed by atoms with van der Waals surface area (Å²) in [6, 6.07) is 10.2. The van der Waals surface area contributed by atoms with Gasteiger partial charge < -0.3 is 4.74 Å². The molecule has 0 amide bonds. The van der Waals surface area contributed by atoms with Crippen LogP contribution in [0.4, 0.5) is 0 Å². The molecule has 0 atom stereocenters. The van der Waals surface area contributed by atoms with Gasteiger partial charge in [-0.3, -0.25) is 9.36 Å². The number of thioether (sulfide) groups is 1. The standard InChI is InChI=1S/C23H23N3O2S3/c1-28-12-11-26-22(27)19-17-9-5-6-10-18(17)31-21(19)25-23(26)30-14-16-13-29-20(24-16)15-7-3-2-4-8-15/h2-4,7-8,13H,5-6,9-12,14H2,1H3. The summed E-state index contributed by atoms with van der Waals surface area (Å²) in [5, 5.41) is 4.69. The first-order chi connectivity index (χ1) is 15.2. The third-order valence-electron chi connectivity index (χ3n) is 5.48. The Hall–Kier alpha value is -2.00. The number of hydrogen-bond donors (Lipinski definition) is 0. The van der Waals surface area contributed by atoms with Gasteiger partial charge in [-0.1, -0.05) is 42.1 Å². The van der Waals surface area contributed by atoms with E-state index in [4.69, 9.17) is 14.7 Å². The van der Waals surface area contributed by atoms with Crippen molar-refractivity contribution in [2.45, 2.75) is 43.1 Å². The van der Waals surface area contributed by atoms with Crippen molar-refractivity contribution in [1.29, 1.82) is 0 Å². The average molecular weight is 470 g/mol. The Morgan fingerprint density at radius 1 is 1.16 bits per heavy atom. The van der Waals surface area contributed by atoms with Crippen molar-refractivity contribution >= 4 is 44.7 Å². The van der Waals surface area contributed by atoms with Crippen LogP contribution in [0.2, 0.25) is 0 Å². The molecule has 31 heavy (non-hydrogen) atoms. The molecule has 8 heteroatoms. The van der Waals surface area contributed by atoms with Crippen LogP contribution in [0.3, 0.4) is 0 Å². The van der Waals surface area contributed by atoms with E-state index in [9.17, 15) is 4.79 Å². The lowest BCUT2D eigenvalue weighted by atomic mass is 9.97. The summed E-state index contributed by atoms with van der Waals surface area (Å²) >= 11 is 4.93. The van der Waals surface area contributed by atoms with E-state index in [1.165, 1.54) is 16.9 Å². The normalized spacial score (nSPS) is 13.6. The summed E-state index contributed by atoms with van der Waals surface area (Å²) in [5.74, 6) is 0.680. The number of aryl methyl sites for hydroxylation is 2. The molecular formula is C23H23N3O2S3. The number of benzene rings is 1. The lowest BCUT2D eigenvalue weighted by Gasteiger charge is -2.13. The Kier molecular flexibility index (Phi) is 6.22. The van der Waals surface area contributed by atoms with E-state index < -0.39 is 0 Å². The van der Waals surface area contributed by atoms with Crippen LogP contribution in [0.1, 0.15) is 29.0 Å². The maximum atomic E-state index is 13.4. The summed E-state index contributed by atoms with van der Waals surface area (Å²) in [5.41, 5.74) is 3.45. The molecule has 0 bridgehead atoms. The van der Waals surface area contributed by atoms with Crippen LogP contribution in [-0.2, 0) is 29.9 Å². The van der Waals surface area contributed by atoms with Crippen molar-refractivity contribution in [3.63, 3.8) is 0 Å². The lowest BCUT2D eigenvalue weighted by molar-refractivity contribution is 0.183. The SMILES string of the molecule is COCCn1c(SCc2csc(-c3ccccc3)n2)nc2sc3c(c2c1=O)CCCC3. The number of thiazole rings is 1. The summed E-state index contributed by atoms with van der Waals surface area (Å²) in [6.45, 7) is 0.999. The van der Waals surface area contributed by atoms with E-state index in [-0.39, 0.29) is 5.56 Å². The van der Waals surface area contributed by atoms with Gasteiger partial charge >= 0.3 is 0 Å². The van der Waals surface area contributed by atoms with Gasteiger partial charge in [-0.05, 0) is 31.2 Å². The lowest BCUT2D eigenvalue weighted by Crippen LogP contribution is -2.25. The fourth-order valence-corrected chi connectivity index (χ4v) is 7.09. The van der Waals surface area contributed by atoms with Crippen LogP contribution in [0.15, 0.2) is 45.7 Å².